The highest BCUT2D eigenvalue weighted by atomic mass is 19.4. The molecule has 0 aromatic heterocycles. The van der Waals surface area contributed by atoms with Crippen molar-refractivity contribution in [2.24, 2.45) is 5.73 Å². The molecule has 108 valence electrons. The molecule has 0 spiro atoms. The summed E-state index contributed by atoms with van der Waals surface area (Å²) in [4.78, 5) is 3.69. The Morgan fingerprint density at radius 3 is 2.00 bits per heavy atom. The number of rotatable bonds is 4. The molecule has 1 fully saturated rings. The van der Waals surface area contributed by atoms with Crippen LogP contribution in [-0.4, -0.2) is 60.3 Å². The van der Waals surface area contributed by atoms with Gasteiger partial charge in [-0.2, -0.15) is 13.2 Å². The summed E-state index contributed by atoms with van der Waals surface area (Å²) in [6.07, 6.45) is -3.19. The van der Waals surface area contributed by atoms with Crippen LogP contribution in [0.4, 0.5) is 13.2 Å². The number of hydrogen-bond acceptors (Lipinski definition) is 3. The van der Waals surface area contributed by atoms with Crippen molar-refractivity contribution in [3.63, 3.8) is 0 Å². The maximum absolute atomic E-state index is 12.3. The molecule has 0 aromatic rings. The Morgan fingerprint density at radius 1 is 1.17 bits per heavy atom. The van der Waals surface area contributed by atoms with Gasteiger partial charge in [-0.1, -0.05) is 6.92 Å². The van der Waals surface area contributed by atoms with Crippen molar-refractivity contribution in [1.82, 2.24) is 9.80 Å². The zero-order chi connectivity index (χ0) is 14.0. The number of nitrogens with zero attached hydrogens (tertiary/aromatic N) is 2. The van der Waals surface area contributed by atoms with Crippen LogP contribution in [0.1, 0.15) is 27.2 Å². The maximum atomic E-state index is 12.3. The predicted octanol–water partition coefficient (Wildman–Crippen LogP) is 1.68. The van der Waals surface area contributed by atoms with Crippen molar-refractivity contribution in [3.05, 3.63) is 0 Å². The van der Waals surface area contributed by atoms with Crippen LogP contribution in [0, 0.1) is 0 Å². The predicted molar refractivity (Wildman–Crippen MR) is 66.4 cm³/mol. The molecule has 3 nitrogen and oxygen atoms in total. The van der Waals surface area contributed by atoms with Crippen LogP contribution in [0.15, 0.2) is 0 Å². The summed E-state index contributed by atoms with van der Waals surface area (Å²) in [5, 5.41) is 0. The fourth-order valence-electron chi connectivity index (χ4n) is 2.50. The van der Waals surface area contributed by atoms with Gasteiger partial charge in [0.2, 0.25) is 0 Å². The minimum Gasteiger partial charge on any atom is -0.326 e. The van der Waals surface area contributed by atoms with Gasteiger partial charge in [0.05, 0.1) is 6.54 Å². The minimum atomic E-state index is -4.10. The van der Waals surface area contributed by atoms with Gasteiger partial charge in [0, 0.05) is 37.8 Å². The fraction of sp³-hybridized carbons (Fsp3) is 1.00. The van der Waals surface area contributed by atoms with Gasteiger partial charge >= 0.3 is 6.18 Å². The summed E-state index contributed by atoms with van der Waals surface area (Å²) in [6.45, 7) is 7.56. The molecule has 2 atom stereocenters. The standard InChI is InChI=1S/C12H24F3N3/c1-4-11(3,10(2)16)18-7-5-17(6-8-18)9-12(13,14)15/h10H,4-9,16H2,1-3H3. The molecule has 1 aliphatic rings. The second kappa shape index (κ2) is 5.75. The van der Waals surface area contributed by atoms with Gasteiger partial charge in [0.1, 0.15) is 0 Å². The first-order valence-electron chi connectivity index (χ1n) is 6.49. The van der Waals surface area contributed by atoms with Crippen molar-refractivity contribution in [2.75, 3.05) is 32.7 Å². The molecule has 1 heterocycles. The molecule has 1 saturated heterocycles. The second-order valence-electron chi connectivity index (χ2n) is 5.38. The average Bonchev–Trinajstić information content (AvgIpc) is 2.26. The third-order valence-corrected chi connectivity index (χ3v) is 4.19. The summed E-state index contributed by atoms with van der Waals surface area (Å²) in [7, 11) is 0. The molecule has 2 unspecified atom stereocenters. The number of hydrogen-bond donors (Lipinski definition) is 1. The number of alkyl halides is 3. The molecule has 0 saturated carbocycles. The van der Waals surface area contributed by atoms with Gasteiger partial charge in [-0.15, -0.1) is 0 Å². The van der Waals surface area contributed by atoms with Crippen molar-refractivity contribution in [3.8, 4) is 0 Å². The quantitative estimate of drug-likeness (QED) is 0.841. The van der Waals surface area contributed by atoms with Gasteiger partial charge < -0.3 is 5.73 Å². The smallest absolute Gasteiger partial charge is 0.326 e. The second-order valence-corrected chi connectivity index (χ2v) is 5.38. The number of halogens is 3. The summed E-state index contributed by atoms with van der Waals surface area (Å²) in [6, 6.07) is 0.0108. The van der Waals surface area contributed by atoms with E-state index in [0.717, 1.165) is 6.42 Å². The Bertz CT molecular complexity index is 260. The Morgan fingerprint density at radius 2 is 1.67 bits per heavy atom. The first-order valence-corrected chi connectivity index (χ1v) is 6.49. The van der Waals surface area contributed by atoms with E-state index in [1.54, 1.807) is 0 Å². The molecule has 0 amide bonds. The van der Waals surface area contributed by atoms with E-state index in [9.17, 15) is 13.2 Å². The molecular weight excluding hydrogens is 243 g/mol. The summed E-state index contributed by atoms with van der Waals surface area (Å²) >= 11 is 0. The van der Waals surface area contributed by atoms with Gasteiger partial charge in [-0.05, 0) is 20.3 Å². The topological polar surface area (TPSA) is 32.5 Å². The van der Waals surface area contributed by atoms with E-state index < -0.39 is 12.7 Å². The molecule has 1 aliphatic heterocycles. The minimum absolute atomic E-state index is 0.0108. The lowest BCUT2D eigenvalue weighted by Gasteiger charge is -2.47. The van der Waals surface area contributed by atoms with E-state index in [2.05, 4.69) is 18.7 Å². The van der Waals surface area contributed by atoms with E-state index in [1.165, 1.54) is 4.90 Å². The average molecular weight is 267 g/mol. The Hall–Kier alpha value is -0.330. The van der Waals surface area contributed by atoms with E-state index in [4.69, 9.17) is 5.73 Å². The first kappa shape index (κ1) is 15.7. The maximum Gasteiger partial charge on any atom is 0.401 e. The molecular formula is C12H24F3N3. The lowest BCUT2D eigenvalue weighted by atomic mass is 9.88. The largest absolute Gasteiger partial charge is 0.401 e. The van der Waals surface area contributed by atoms with E-state index >= 15 is 0 Å². The monoisotopic (exact) mass is 267 g/mol. The molecule has 1 rings (SSSR count). The Kier molecular flexibility index (Phi) is 5.03. The first-order chi connectivity index (χ1) is 8.19. The number of nitrogens with two attached hydrogens (primary N) is 1. The SMILES string of the molecule is CCC(C)(C(C)N)N1CCN(CC(F)(F)F)CC1. The third kappa shape index (κ3) is 3.83. The molecule has 0 bridgehead atoms. The van der Waals surface area contributed by atoms with Crippen molar-refractivity contribution in [2.45, 2.75) is 44.9 Å². The zero-order valence-electron chi connectivity index (χ0n) is 11.4. The fourth-order valence-corrected chi connectivity index (χ4v) is 2.50. The van der Waals surface area contributed by atoms with Crippen LogP contribution in [-0.2, 0) is 0 Å². The van der Waals surface area contributed by atoms with Gasteiger partial charge in [-0.25, -0.2) is 0 Å². The van der Waals surface area contributed by atoms with Crippen molar-refractivity contribution >= 4 is 0 Å². The van der Waals surface area contributed by atoms with Gasteiger partial charge in [0.25, 0.3) is 0 Å². The molecule has 0 radical (unpaired) electrons. The van der Waals surface area contributed by atoms with Crippen LogP contribution in [0.3, 0.4) is 0 Å². The normalized spacial score (nSPS) is 24.8. The van der Waals surface area contributed by atoms with Crippen molar-refractivity contribution < 1.29 is 13.2 Å². The molecule has 6 heteroatoms. The summed E-state index contributed by atoms with van der Waals surface area (Å²) in [5.41, 5.74) is 5.89. The highest BCUT2D eigenvalue weighted by molar-refractivity contribution is 4.94. The Balaban J connectivity index is 2.53. The molecule has 18 heavy (non-hydrogen) atoms. The number of piperazine rings is 1. The third-order valence-electron chi connectivity index (χ3n) is 4.19. The van der Waals surface area contributed by atoms with E-state index in [0.29, 0.717) is 26.2 Å². The highest BCUT2D eigenvalue weighted by Gasteiger charge is 2.38. The van der Waals surface area contributed by atoms with Gasteiger partial charge in [-0.3, -0.25) is 9.80 Å². The lowest BCUT2D eigenvalue weighted by Crippen LogP contribution is -2.62. The van der Waals surface area contributed by atoms with Crippen LogP contribution in [0.5, 0.6) is 0 Å². The summed E-state index contributed by atoms with van der Waals surface area (Å²) < 4.78 is 36.9. The van der Waals surface area contributed by atoms with Crippen LogP contribution in [0.25, 0.3) is 0 Å². The van der Waals surface area contributed by atoms with Crippen LogP contribution < -0.4 is 5.73 Å². The molecule has 2 N–H and O–H groups in total. The zero-order valence-corrected chi connectivity index (χ0v) is 11.4. The van der Waals surface area contributed by atoms with E-state index in [1.807, 2.05) is 6.92 Å². The van der Waals surface area contributed by atoms with Gasteiger partial charge in [0.15, 0.2) is 0 Å². The van der Waals surface area contributed by atoms with Crippen LogP contribution >= 0.6 is 0 Å². The lowest BCUT2D eigenvalue weighted by molar-refractivity contribution is -0.151. The highest BCUT2D eigenvalue weighted by Crippen LogP contribution is 2.25. The molecule has 0 aromatic carbocycles. The summed E-state index contributed by atoms with van der Waals surface area (Å²) in [5.74, 6) is 0. The van der Waals surface area contributed by atoms with E-state index in [-0.39, 0.29) is 11.6 Å². The van der Waals surface area contributed by atoms with Crippen LogP contribution in [0.2, 0.25) is 0 Å². The molecule has 0 aliphatic carbocycles. The Labute approximate surface area is 107 Å². The van der Waals surface area contributed by atoms with Crippen molar-refractivity contribution in [1.29, 1.82) is 0 Å².